The lowest BCUT2D eigenvalue weighted by atomic mass is 10.1. The van der Waals surface area contributed by atoms with E-state index in [4.69, 9.17) is 10.6 Å². The highest BCUT2D eigenvalue weighted by Gasteiger charge is 2.32. The van der Waals surface area contributed by atoms with Gasteiger partial charge in [0.15, 0.2) is 0 Å². The Morgan fingerprint density at radius 3 is 2.56 bits per heavy atom. The molecule has 3 N–H and O–H groups in total. The van der Waals surface area contributed by atoms with Crippen LogP contribution in [0.2, 0.25) is 0 Å². The van der Waals surface area contributed by atoms with Gasteiger partial charge in [-0.2, -0.15) is 0 Å². The topological polar surface area (TPSA) is 67.6 Å². The predicted octanol–water partition coefficient (Wildman–Crippen LogP) is 0.112. The lowest BCUT2D eigenvalue weighted by Crippen LogP contribution is -2.54. The van der Waals surface area contributed by atoms with Crippen LogP contribution in [0.1, 0.15) is 26.7 Å². The van der Waals surface area contributed by atoms with Crippen molar-refractivity contribution >= 4 is 5.91 Å². The molecule has 1 unspecified atom stereocenters. The normalized spacial score (nSPS) is 17.9. The average molecular weight is 229 g/mol. The van der Waals surface area contributed by atoms with Crippen LogP contribution >= 0.6 is 0 Å². The first-order chi connectivity index (χ1) is 7.60. The number of methoxy groups -OCH3 is 1. The van der Waals surface area contributed by atoms with E-state index in [9.17, 15) is 4.79 Å². The quantitative estimate of drug-likeness (QED) is 0.369. The van der Waals surface area contributed by atoms with Gasteiger partial charge in [0.05, 0.1) is 6.61 Å². The fourth-order valence-corrected chi connectivity index (χ4v) is 1.87. The Labute approximate surface area is 97.3 Å². The summed E-state index contributed by atoms with van der Waals surface area (Å²) in [7, 11) is 1.60. The van der Waals surface area contributed by atoms with Crippen molar-refractivity contribution in [3.63, 3.8) is 0 Å². The van der Waals surface area contributed by atoms with E-state index in [0.29, 0.717) is 12.6 Å². The van der Waals surface area contributed by atoms with Crippen LogP contribution < -0.4 is 11.3 Å². The van der Waals surface area contributed by atoms with Crippen LogP contribution in [0.3, 0.4) is 0 Å². The van der Waals surface area contributed by atoms with Gasteiger partial charge in [-0.05, 0) is 32.6 Å². The minimum absolute atomic E-state index is 0.170. The number of hydrazine groups is 1. The van der Waals surface area contributed by atoms with Crippen molar-refractivity contribution < 1.29 is 9.53 Å². The zero-order chi connectivity index (χ0) is 12.1. The first kappa shape index (κ1) is 13.4. The third kappa shape index (κ3) is 3.73. The second-order valence-corrected chi connectivity index (χ2v) is 4.71. The molecule has 0 aromatic rings. The van der Waals surface area contributed by atoms with Gasteiger partial charge in [-0.15, -0.1) is 0 Å². The summed E-state index contributed by atoms with van der Waals surface area (Å²) < 4.78 is 5.10. The van der Waals surface area contributed by atoms with Crippen LogP contribution in [0.4, 0.5) is 0 Å². The molecule has 94 valence electrons. The number of nitrogens with one attached hydrogen (secondary N) is 1. The maximum absolute atomic E-state index is 11.7. The Hall–Kier alpha value is -0.650. The van der Waals surface area contributed by atoms with E-state index in [2.05, 4.69) is 24.2 Å². The SMILES string of the molecule is COCC(C(=O)NN)N(CC1CC1)C(C)C. The monoisotopic (exact) mass is 229 g/mol. The zero-order valence-corrected chi connectivity index (χ0v) is 10.4. The minimum Gasteiger partial charge on any atom is -0.383 e. The van der Waals surface area contributed by atoms with Gasteiger partial charge >= 0.3 is 0 Å². The molecule has 1 saturated carbocycles. The molecular formula is C11H23N3O2. The standard InChI is InChI=1S/C11H23N3O2/c1-8(2)14(6-9-4-5-9)10(7-16-3)11(15)13-12/h8-10H,4-7,12H2,1-3H3,(H,13,15). The smallest absolute Gasteiger partial charge is 0.253 e. The molecule has 0 radical (unpaired) electrons. The molecule has 0 bridgehead atoms. The molecule has 0 aliphatic heterocycles. The number of nitrogens with two attached hydrogens (primary N) is 1. The highest BCUT2D eigenvalue weighted by Crippen LogP contribution is 2.31. The van der Waals surface area contributed by atoms with Gasteiger partial charge in [0.1, 0.15) is 6.04 Å². The van der Waals surface area contributed by atoms with Gasteiger partial charge in [-0.25, -0.2) is 5.84 Å². The lowest BCUT2D eigenvalue weighted by Gasteiger charge is -2.33. The number of ether oxygens (including phenoxy) is 1. The molecule has 0 saturated heterocycles. The van der Waals surface area contributed by atoms with E-state index in [0.717, 1.165) is 12.5 Å². The van der Waals surface area contributed by atoms with E-state index in [-0.39, 0.29) is 11.9 Å². The van der Waals surface area contributed by atoms with Crippen molar-refractivity contribution in [2.24, 2.45) is 11.8 Å². The van der Waals surface area contributed by atoms with Gasteiger partial charge < -0.3 is 4.74 Å². The summed E-state index contributed by atoms with van der Waals surface area (Å²) in [5.74, 6) is 5.78. The van der Waals surface area contributed by atoms with Crippen molar-refractivity contribution in [1.82, 2.24) is 10.3 Å². The largest absolute Gasteiger partial charge is 0.383 e. The molecule has 1 aliphatic rings. The van der Waals surface area contributed by atoms with Crippen LogP contribution in [0.5, 0.6) is 0 Å². The Balaban J connectivity index is 2.64. The molecule has 1 aliphatic carbocycles. The van der Waals surface area contributed by atoms with Gasteiger partial charge in [-0.1, -0.05) is 0 Å². The Morgan fingerprint density at radius 2 is 2.19 bits per heavy atom. The molecule has 1 atom stereocenters. The van der Waals surface area contributed by atoms with E-state index < -0.39 is 0 Å². The number of nitrogens with zero attached hydrogens (tertiary/aromatic N) is 1. The summed E-state index contributed by atoms with van der Waals surface area (Å²) in [5.41, 5.74) is 2.22. The summed E-state index contributed by atoms with van der Waals surface area (Å²) in [6.07, 6.45) is 2.54. The van der Waals surface area contributed by atoms with Crippen LogP contribution in [-0.2, 0) is 9.53 Å². The van der Waals surface area contributed by atoms with Crippen molar-refractivity contribution in [2.45, 2.75) is 38.8 Å². The van der Waals surface area contributed by atoms with E-state index in [1.54, 1.807) is 7.11 Å². The van der Waals surface area contributed by atoms with Gasteiger partial charge in [0, 0.05) is 19.7 Å². The summed E-state index contributed by atoms with van der Waals surface area (Å²) in [4.78, 5) is 13.9. The number of hydrogen-bond donors (Lipinski definition) is 2. The van der Waals surface area contributed by atoms with Crippen LogP contribution in [0, 0.1) is 5.92 Å². The van der Waals surface area contributed by atoms with Crippen LogP contribution in [0.25, 0.3) is 0 Å². The predicted molar refractivity (Wildman–Crippen MR) is 62.6 cm³/mol. The highest BCUT2D eigenvalue weighted by atomic mass is 16.5. The Morgan fingerprint density at radius 1 is 1.56 bits per heavy atom. The number of carbonyl (C=O) groups is 1. The Bertz CT molecular complexity index is 229. The molecule has 1 fully saturated rings. The second-order valence-electron chi connectivity index (χ2n) is 4.71. The number of carbonyl (C=O) groups excluding carboxylic acids is 1. The maximum atomic E-state index is 11.7. The lowest BCUT2D eigenvalue weighted by molar-refractivity contribution is -0.129. The number of amides is 1. The molecule has 0 aromatic heterocycles. The van der Waals surface area contributed by atoms with Crippen molar-refractivity contribution in [2.75, 3.05) is 20.3 Å². The molecule has 16 heavy (non-hydrogen) atoms. The van der Waals surface area contributed by atoms with E-state index >= 15 is 0 Å². The summed E-state index contributed by atoms with van der Waals surface area (Å²) in [6, 6.07) is 0.0358. The average Bonchev–Trinajstić information content (AvgIpc) is 3.05. The van der Waals surface area contributed by atoms with Crippen molar-refractivity contribution in [3.05, 3.63) is 0 Å². The first-order valence-electron chi connectivity index (χ1n) is 5.85. The molecule has 1 rings (SSSR count). The fraction of sp³-hybridized carbons (Fsp3) is 0.909. The van der Waals surface area contributed by atoms with Crippen molar-refractivity contribution in [3.8, 4) is 0 Å². The summed E-state index contributed by atoms with van der Waals surface area (Å²) in [6.45, 7) is 5.52. The Kier molecular flexibility index (Phi) is 5.18. The fourth-order valence-electron chi connectivity index (χ4n) is 1.87. The highest BCUT2D eigenvalue weighted by molar-refractivity contribution is 5.81. The second kappa shape index (κ2) is 6.18. The van der Waals surface area contributed by atoms with E-state index in [1.165, 1.54) is 12.8 Å². The van der Waals surface area contributed by atoms with Gasteiger partial charge in [0.2, 0.25) is 0 Å². The number of rotatable bonds is 7. The number of hydrogen-bond acceptors (Lipinski definition) is 4. The summed E-state index contributed by atoms with van der Waals surface area (Å²) in [5, 5.41) is 0. The zero-order valence-electron chi connectivity index (χ0n) is 10.4. The molecule has 0 aromatic carbocycles. The van der Waals surface area contributed by atoms with E-state index in [1.807, 2.05) is 0 Å². The third-order valence-corrected chi connectivity index (χ3v) is 3.00. The molecular weight excluding hydrogens is 206 g/mol. The van der Waals surface area contributed by atoms with Crippen LogP contribution in [-0.4, -0.2) is 43.2 Å². The van der Waals surface area contributed by atoms with Gasteiger partial charge in [0.25, 0.3) is 5.91 Å². The van der Waals surface area contributed by atoms with Crippen molar-refractivity contribution in [1.29, 1.82) is 0 Å². The first-order valence-corrected chi connectivity index (χ1v) is 5.85. The summed E-state index contributed by atoms with van der Waals surface area (Å²) >= 11 is 0. The third-order valence-electron chi connectivity index (χ3n) is 3.00. The molecule has 5 nitrogen and oxygen atoms in total. The minimum atomic E-state index is -0.282. The molecule has 5 heteroatoms. The van der Waals surface area contributed by atoms with Gasteiger partial charge in [-0.3, -0.25) is 15.1 Å². The molecule has 0 spiro atoms. The molecule has 0 heterocycles. The molecule has 1 amide bonds. The maximum Gasteiger partial charge on any atom is 0.253 e. The van der Waals surface area contributed by atoms with Crippen LogP contribution in [0.15, 0.2) is 0 Å².